The van der Waals surface area contributed by atoms with E-state index < -0.39 is 10.0 Å². The number of benzene rings is 1. The van der Waals surface area contributed by atoms with Crippen molar-refractivity contribution in [2.75, 3.05) is 45.0 Å². The molecule has 4 N–H and O–H groups in total. The summed E-state index contributed by atoms with van der Waals surface area (Å²) >= 11 is 0. The largest absolute Gasteiger partial charge is 0.393 e. The van der Waals surface area contributed by atoms with Crippen molar-refractivity contribution in [3.8, 4) is 11.1 Å². The molecular weight excluding hydrogens is 554 g/mol. The highest BCUT2D eigenvalue weighted by atomic mass is 32.2. The van der Waals surface area contributed by atoms with E-state index in [1.807, 2.05) is 30.1 Å². The number of carbonyl (C=O) groups excluding carboxylic acids is 1. The van der Waals surface area contributed by atoms with Crippen LogP contribution in [0.2, 0.25) is 0 Å². The van der Waals surface area contributed by atoms with Crippen molar-refractivity contribution in [2.45, 2.75) is 5.03 Å². The number of fused-ring (bicyclic) bond motifs is 1. The van der Waals surface area contributed by atoms with Gasteiger partial charge in [-0.1, -0.05) is 12.1 Å². The second-order valence-corrected chi connectivity index (χ2v) is 11.5. The van der Waals surface area contributed by atoms with Crippen LogP contribution >= 0.6 is 0 Å². The van der Waals surface area contributed by atoms with E-state index in [1.165, 1.54) is 22.9 Å². The van der Waals surface area contributed by atoms with E-state index in [0.29, 0.717) is 35.4 Å². The van der Waals surface area contributed by atoms with Gasteiger partial charge in [0, 0.05) is 80.9 Å². The van der Waals surface area contributed by atoms with E-state index in [-0.39, 0.29) is 22.3 Å². The number of piperazine rings is 1. The van der Waals surface area contributed by atoms with Gasteiger partial charge in [-0.3, -0.25) is 18.9 Å². The molecule has 216 valence electrons. The summed E-state index contributed by atoms with van der Waals surface area (Å²) in [6.07, 6.45) is 8.09. The Labute approximate surface area is 243 Å². The monoisotopic (exact) mass is 585 g/mol. The maximum absolute atomic E-state index is 13.6. The lowest BCUT2D eigenvalue weighted by Gasteiger charge is -2.32. The molecule has 42 heavy (non-hydrogen) atoms. The first-order valence-electron chi connectivity index (χ1n) is 13.2. The zero-order valence-corrected chi connectivity index (χ0v) is 24.0. The molecule has 1 aliphatic rings. The van der Waals surface area contributed by atoms with Crippen LogP contribution in [0.25, 0.3) is 22.3 Å². The Bertz CT molecular complexity index is 1790. The lowest BCUT2D eigenvalue weighted by atomic mass is 10.0. The third-order valence-electron chi connectivity index (χ3n) is 7.09. The summed E-state index contributed by atoms with van der Waals surface area (Å²) in [4.78, 5) is 25.4. The summed E-state index contributed by atoms with van der Waals surface area (Å²) < 4.78 is 31.2. The molecular formula is C29H31N9O3S. The van der Waals surface area contributed by atoms with Crippen LogP contribution in [-0.4, -0.2) is 91.2 Å². The summed E-state index contributed by atoms with van der Waals surface area (Å²) in [7, 11) is -0.431. The van der Waals surface area contributed by atoms with E-state index in [1.54, 1.807) is 37.6 Å². The Hall–Kier alpha value is -4.88. The Balaban J connectivity index is 1.43. The molecule has 5 rings (SSSR count). The smallest absolute Gasteiger partial charge is 0.279 e. The molecule has 1 fully saturated rings. The number of nitrogens with one attached hydrogen (secondary N) is 4. The maximum atomic E-state index is 13.6. The van der Waals surface area contributed by atoms with E-state index in [2.05, 4.69) is 24.9 Å². The van der Waals surface area contributed by atoms with Gasteiger partial charge >= 0.3 is 0 Å². The van der Waals surface area contributed by atoms with Crippen molar-refractivity contribution in [3.05, 3.63) is 84.1 Å². The maximum Gasteiger partial charge on any atom is 0.279 e. The number of rotatable bonds is 9. The topological polar surface area (TPSA) is 160 Å². The molecule has 0 radical (unpaired) electrons. The molecule has 3 aromatic heterocycles. The van der Waals surface area contributed by atoms with Crippen LogP contribution in [-0.2, 0) is 10.0 Å². The quantitative estimate of drug-likeness (QED) is 0.220. The van der Waals surface area contributed by atoms with Gasteiger partial charge in [0.1, 0.15) is 11.3 Å². The minimum atomic E-state index is -4.16. The lowest BCUT2D eigenvalue weighted by Crippen LogP contribution is -2.47. The zero-order valence-electron chi connectivity index (χ0n) is 23.2. The van der Waals surface area contributed by atoms with E-state index >= 15 is 0 Å². The zero-order chi connectivity index (χ0) is 29.9. The molecule has 4 aromatic rings. The van der Waals surface area contributed by atoms with Gasteiger partial charge in [0.05, 0.1) is 11.9 Å². The van der Waals surface area contributed by atoms with Crippen molar-refractivity contribution >= 4 is 45.3 Å². The number of likely N-dealkylation sites (N-methyl/N-ethyl adjacent to an activating group) is 1. The van der Waals surface area contributed by atoms with Gasteiger partial charge < -0.3 is 25.9 Å². The number of sulfonamides is 1. The van der Waals surface area contributed by atoms with Crippen molar-refractivity contribution < 1.29 is 13.2 Å². The summed E-state index contributed by atoms with van der Waals surface area (Å²) in [5.41, 5.74) is 3.80. The first kappa shape index (κ1) is 28.6. The molecule has 13 heteroatoms. The molecule has 0 spiro atoms. The number of carbonyl (C=O) groups is 1. The van der Waals surface area contributed by atoms with Gasteiger partial charge in [0.2, 0.25) is 0 Å². The molecule has 0 saturated carbocycles. The second-order valence-electron chi connectivity index (χ2n) is 9.85. The summed E-state index contributed by atoms with van der Waals surface area (Å²) in [6, 6.07) is 12.4. The fourth-order valence-corrected chi connectivity index (χ4v) is 5.87. The molecule has 4 heterocycles. The normalized spacial score (nSPS) is 14.5. The van der Waals surface area contributed by atoms with Gasteiger partial charge in [-0.05, 0) is 48.5 Å². The van der Waals surface area contributed by atoms with Gasteiger partial charge in [-0.2, -0.15) is 8.42 Å². The highest BCUT2D eigenvalue weighted by Gasteiger charge is 2.23. The van der Waals surface area contributed by atoms with Gasteiger partial charge in [0.25, 0.3) is 15.9 Å². The molecule has 12 nitrogen and oxygen atoms in total. The molecule has 0 bridgehead atoms. The summed E-state index contributed by atoms with van der Waals surface area (Å²) in [6.45, 7) is 3.07. The van der Waals surface area contributed by atoms with Crippen molar-refractivity contribution in [3.63, 3.8) is 0 Å². The minimum Gasteiger partial charge on any atom is -0.393 e. The van der Waals surface area contributed by atoms with Gasteiger partial charge in [-0.25, -0.2) is 4.98 Å². The number of hydrogen-bond donors (Lipinski definition) is 4. The first-order chi connectivity index (χ1) is 20.2. The number of aromatic nitrogens is 3. The number of amides is 1. The van der Waals surface area contributed by atoms with Gasteiger partial charge in [0.15, 0.2) is 5.03 Å². The van der Waals surface area contributed by atoms with Crippen LogP contribution in [0.4, 0.5) is 5.69 Å². The first-order valence-corrected chi connectivity index (χ1v) is 14.7. The minimum absolute atomic E-state index is 0.00352. The Kier molecular flexibility index (Phi) is 8.13. The van der Waals surface area contributed by atoms with Crippen molar-refractivity contribution in [1.29, 1.82) is 10.8 Å². The second kappa shape index (κ2) is 11.9. The summed E-state index contributed by atoms with van der Waals surface area (Å²) in [5.74, 6) is -0.00352. The number of nitrogens with zero attached hydrogens (tertiary/aromatic N) is 5. The third-order valence-corrected chi connectivity index (χ3v) is 8.43. The molecule has 0 aliphatic carbocycles. The van der Waals surface area contributed by atoms with E-state index in [9.17, 15) is 13.2 Å². The number of pyridine rings is 2. The molecule has 1 aliphatic heterocycles. The average molecular weight is 586 g/mol. The molecule has 1 aromatic carbocycles. The van der Waals surface area contributed by atoms with E-state index in [0.717, 1.165) is 36.6 Å². The predicted octanol–water partition coefficient (Wildman–Crippen LogP) is 2.79. The number of imidazole rings is 1. The van der Waals surface area contributed by atoms with Crippen LogP contribution in [0.3, 0.4) is 0 Å². The molecule has 1 amide bonds. The molecule has 0 unspecified atom stereocenters. The van der Waals surface area contributed by atoms with Crippen LogP contribution in [0, 0.1) is 10.8 Å². The number of allylic oxidation sites excluding steroid dienone is 1. The van der Waals surface area contributed by atoms with Crippen molar-refractivity contribution in [1.82, 2.24) is 29.5 Å². The highest BCUT2D eigenvalue weighted by molar-refractivity contribution is 7.92. The lowest BCUT2D eigenvalue weighted by molar-refractivity contribution is 0.0664. The molecule has 1 saturated heterocycles. The van der Waals surface area contributed by atoms with Crippen LogP contribution in [0.5, 0.6) is 0 Å². The Morgan fingerprint density at radius 3 is 2.33 bits per heavy atom. The SMILES string of the molecule is CN/C=C(\C=N)c1cnc(C=N)c(NS(=O)(=O)c2cnc3ccc(-c4ccc(C(=O)N5CCN(C)CC5)cc4)cn23)c1. The predicted molar refractivity (Wildman–Crippen MR) is 163 cm³/mol. The molecule has 0 atom stereocenters. The standard InChI is InChI=1S/C29H31N9O3S/c1-32-16-24(14-30)23-13-25(26(15-31)33-17-23)35-42(40,41)28-18-34-27-8-7-22(19-38(27)28)20-3-5-21(6-4-20)29(39)37-11-9-36(2)10-12-37/h3-8,13-19,30-32,35H,9-12H2,1-2H3/b24-16+,30-14?,31-15?. The number of anilines is 1. The van der Waals surface area contributed by atoms with Crippen LogP contribution < -0.4 is 10.0 Å². The van der Waals surface area contributed by atoms with E-state index in [4.69, 9.17) is 10.8 Å². The third kappa shape index (κ3) is 5.78. The van der Waals surface area contributed by atoms with Crippen LogP contribution in [0.1, 0.15) is 21.6 Å². The van der Waals surface area contributed by atoms with Crippen LogP contribution in [0.15, 0.2) is 72.3 Å². The summed E-state index contributed by atoms with van der Waals surface area (Å²) in [5, 5.41) is 18.1. The highest BCUT2D eigenvalue weighted by Crippen LogP contribution is 2.26. The van der Waals surface area contributed by atoms with Gasteiger partial charge in [-0.15, -0.1) is 0 Å². The Morgan fingerprint density at radius 2 is 1.67 bits per heavy atom. The Morgan fingerprint density at radius 1 is 0.952 bits per heavy atom. The van der Waals surface area contributed by atoms with Crippen molar-refractivity contribution in [2.24, 2.45) is 0 Å². The fraction of sp³-hybridized carbons (Fsp3) is 0.207. The number of hydrogen-bond acceptors (Lipinski definition) is 9. The fourth-order valence-electron chi connectivity index (χ4n) is 4.72. The average Bonchev–Trinajstić information content (AvgIpc) is 3.44.